The van der Waals surface area contributed by atoms with Gasteiger partial charge in [-0.3, -0.25) is 9.59 Å². The molecule has 2 N–H and O–H groups in total. The molecule has 9 nitrogen and oxygen atoms in total. The first kappa shape index (κ1) is 23.1. The van der Waals surface area contributed by atoms with Crippen LogP contribution in [0.15, 0.2) is 77.7 Å². The molecule has 0 bridgehead atoms. The molecule has 9 heteroatoms. The van der Waals surface area contributed by atoms with Gasteiger partial charge in [-0.2, -0.15) is 5.10 Å². The number of carbonyl (C=O) groups excluding carboxylic acids is 1. The molecular weight excluding hydrogens is 458 g/mol. The summed E-state index contributed by atoms with van der Waals surface area (Å²) in [4.78, 5) is 34.4. The van der Waals surface area contributed by atoms with Crippen LogP contribution in [0.25, 0.3) is 21.8 Å². The van der Waals surface area contributed by atoms with Crippen molar-refractivity contribution < 1.29 is 14.3 Å². The lowest BCUT2D eigenvalue weighted by Crippen LogP contribution is -2.37. The van der Waals surface area contributed by atoms with Crippen LogP contribution in [0.5, 0.6) is 11.5 Å². The van der Waals surface area contributed by atoms with E-state index in [0.717, 1.165) is 21.3 Å². The molecule has 0 unspecified atom stereocenters. The third kappa shape index (κ3) is 4.50. The first-order valence-electron chi connectivity index (χ1n) is 11.5. The standard InChI is InChI=1S/C27H25N5O4/c1-35-22-13-12-18-15-28-32(27(34)24(18)25(22)36-2)16-23(33)29-21(14-17-8-4-3-5-9-17)26-30-19-10-6-7-11-20(19)31-26/h3-13,15,21H,14,16H2,1-2H3,(H,29,33)(H,30,31)/t21-/m1/s1. The van der Waals surface area contributed by atoms with Crippen molar-refractivity contribution in [3.63, 3.8) is 0 Å². The van der Waals surface area contributed by atoms with E-state index in [1.807, 2.05) is 54.6 Å². The van der Waals surface area contributed by atoms with Gasteiger partial charge in [0.2, 0.25) is 5.91 Å². The lowest BCUT2D eigenvalue weighted by atomic mass is 10.1. The third-order valence-corrected chi connectivity index (χ3v) is 6.01. The Labute approximate surface area is 206 Å². The van der Waals surface area contributed by atoms with E-state index in [1.165, 1.54) is 20.4 Å². The van der Waals surface area contributed by atoms with E-state index < -0.39 is 11.6 Å². The van der Waals surface area contributed by atoms with Gasteiger partial charge in [0, 0.05) is 5.39 Å². The molecule has 0 aliphatic rings. The first-order chi connectivity index (χ1) is 17.6. The van der Waals surface area contributed by atoms with E-state index in [0.29, 0.717) is 34.5 Å². The number of rotatable bonds is 8. The molecule has 1 amide bonds. The first-order valence-corrected chi connectivity index (χ1v) is 11.5. The number of H-pyrrole nitrogens is 1. The van der Waals surface area contributed by atoms with Gasteiger partial charge in [0.25, 0.3) is 5.56 Å². The number of nitrogens with one attached hydrogen (secondary N) is 2. The molecule has 0 aliphatic carbocycles. The van der Waals surface area contributed by atoms with Gasteiger partial charge in [0.05, 0.1) is 42.9 Å². The number of hydrogen-bond donors (Lipinski definition) is 2. The predicted molar refractivity (Wildman–Crippen MR) is 136 cm³/mol. The Morgan fingerprint density at radius 3 is 2.56 bits per heavy atom. The summed E-state index contributed by atoms with van der Waals surface area (Å²) in [6.07, 6.45) is 2.06. The zero-order valence-electron chi connectivity index (χ0n) is 19.9. The van der Waals surface area contributed by atoms with Gasteiger partial charge in [-0.1, -0.05) is 42.5 Å². The minimum atomic E-state index is -0.443. The smallest absolute Gasteiger partial charge is 0.279 e. The van der Waals surface area contributed by atoms with Crippen molar-refractivity contribution in [2.45, 2.75) is 19.0 Å². The summed E-state index contributed by atoms with van der Waals surface area (Å²) in [6, 6.07) is 20.5. The van der Waals surface area contributed by atoms with Crippen LogP contribution in [0.1, 0.15) is 17.4 Å². The van der Waals surface area contributed by atoms with Crippen molar-refractivity contribution in [3.05, 3.63) is 94.7 Å². The summed E-state index contributed by atoms with van der Waals surface area (Å²) in [5, 5.41) is 8.13. The van der Waals surface area contributed by atoms with Crippen LogP contribution >= 0.6 is 0 Å². The maximum atomic E-state index is 13.2. The van der Waals surface area contributed by atoms with Crippen molar-refractivity contribution in [1.29, 1.82) is 0 Å². The van der Waals surface area contributed by atoms with Crippen LogP contribution in [0.3, 0.4) is 0 Å². The highest BCUT2D eigenvalue weighted by molar-refractivity contribution is 5.89. The summed E-state index contributed by atoms with van der Waals surface area (Å²) >= 11 is 0. The van der Waals surface area contributed by atoms with E-state index in [4.69, 9.17) is 9.47 Å². The molecule has 0 radical (unpaired) electrons. The summed E-state index contributed by atoms with van der Waals surface area (Å²) < 4.78 is 11.9. The molecular formula is C27H25N5O4. The molecule has 0 aliphatic heterocycles. The minimum absolute atomic E-state index is 0.263. The van der Waals surface area contributed by atoms with Crippen molar-refractivity contribution in [3.8, 4) is 11.5 Å². The number of ether oxygens (including phenoxy) is 2. The molecule has 2 aromatic heterocycles. The van der Waals surface area contributed by atoms with Crippen LogP contribution in [0, 0.1) is 0 Å². The number of carbonyl (C=O) groups is 1. The second kappa shape index (κ2) is 9.91. The van der Waals surface area contributed by atoms with E-state index >= 15 is 0 Å². The Kier molecular flexibility index (Phi) is 6.36. The van der Waals surface area contributed by atoms with Gasteiger partial charge >= 0.3 is 0 Å². The number of imidazole rings is 1. The number of para-hydroxylation sites is 2. The Morgan fingerprint density at radius 2 is 1.81 bits per heavy atom. The summed E-state index contributed by atoms with van der Waals surface area (Å²) in [6.45, 7) is -0.263. The van der Waals surface area contributed by atoms with Crippen molar-refractivity contribution in [2.24, 2.45) is 0 Å². The largest absolute Gasteiger partial charge is 0.493 e. The lowest BCUT2D eigenvalue weighted by Gasteiger charge is -2.17. The Balaban J connectivity index is 1.45. The van der Waals surface area contributed by atoms with Crippen LogP contribution in [-0.2, 0) is 17.8 Å². The number of fused-ring (bicyclic) bond motifs is 2. The van der Waals surface area contributed by atoms with E-state index in [2.05, 4.69) is 20.4 Å². The molecule has 36 heavy (non-hydrogen) atoms. The Bertz CT molecular complexity index is 1560. The summed E-state index contributed by atoms with van der Waals surface area (Å²) in [7, 11) is 2.97. The maximum Gasteiger partial charge on any atom is 0.279 e. The average Bonchev–Trinajstić information content (AvgIpc) is 3.34. The zero-order valence-corrected chi connectivity index (χ0v) is 19.9. The summed E-state index contributed by atoms with van der Waals surface area (Å²) in [5.74, 6) is 1.00. The van der Waals surface area contributed by atoms with Crippen molar-refractivity contribution >= 4 is 27.7 Å². The average molecular weight is 484 g/mol. The van der Waals surface area contributed by atoms with Gasteiger partial charge in [-0.15, -0.1) is 0 Å². The number of nitrogens with zero attached hydrogens (tertiary/aromatic N) is 3. The molecule has 5 aromatic rings. The monoisotopic (exact) mass is 483 g/mol. The topological polar surface area (TPSA) is 111 Å². The fourth-order valence-corrected chi connectivity index (χ4v) is 4.28. The second-order valence-electron chi connectivity index (χ2n) is 8.32. The SMILES string of the molecule is COc1ccc2cnn(CC(=O)N[C@H](Cc3ccccc3)c3nc4ccccc4[nH]3)c(=O)c2c1OC. The molecule has 182 valence electrons. The molecule has 2 heterocycles. The van der Waals surface area contributed by atoms with Gasteiger partial charge < -0.3 is 19.8 Å². The van der Waals surface area contributed by atoms with Crippen LogP contribution in [0.2, 0.25) is 0 Å². The molecule has 0 fully saturated rings. The number of amides is 1. The second-order valence-corrected chi connectivity index (χ2v) is 8.32. The predicted octanol–water partition coefficient (Wildman–Crippen LogP) is 3.39. The molecule has 0 saturated heterocycles. The number of benzene rings is 3. The van der Waals surface area contributed by atoms with E-state index in [9.17, 15) is 9.59 Å². The Hall–Kier alpha value is -4.66. The fourth-order valence-electron chi connectivity index (χ4n) is 4.28. The maximum absolute atomic E-state index is 13.2. The third-order valence-electron chi connectivity index (χ3n) is 6.01. The number of hydrogen-bond acceptors (Lipinski definition) is 6. The Morgan fingerprint density at radius 1 is 1.03 bits per heavy atom. The van der Waals surface area contributed by atoms with Gasteiger partial charge in [-0.05, 0) is 36.2 Å². The highest BCUT2D eigenvalue weighted by Crippen LogP contribution is 2.32. The molecule has 1 atom stereocenters. The molecule has 3 aromatic carbocycles. The normalized spacial score (nSPS) is 11.9. The molecule has 5 rings (SSSR count). The van der Waals surface area contributed by atoms with E-state index in [1.54, 1.807) is 12.1 Å². The van der Waals surface area contributed by atoms with Crippen molar-refractivity contribution in [1.82, 2.24) is 25.1 Å². The van der Waals surface area contributed by atoms with Crippen molar-refractivity contribution in [2.75, 3.05) is 14.2 Å². The zero-order chi connectivity index (χ0) is 25.1. The van der Waals surface area contributed by atoms with Gasteiger partial charge in [0.1, 0.15) is 12.4 Å². The van der Waals surface area contributed by atoms with Crippen LogP contribution < -0.4 is 20.3 Å². The number of methoxy groups -OCH3 is 2. The fraction of sp³-hybridized carbons (Fsp3) is 0.185. The quantitative estimate of drug-likeness (QED) is 0.350. The van der Waals surface area contributed by atoms with Gasteiger partial charge in [-0.25, -0.2) is 9.67 Å². The number of aromatic nitrogens is 4. The lowest BCUT2D eigenvalue weighted by molar-refractivity contribution is -0.122. The summed E-state index contributed by atoms with van der Waals surface area (Å²) in [5.41, 5.74) is 2.30. The van der Waals surface area contributed by atoms with Crippen LogP contribution in [0.4, 0.5) is 0 Å². The van der Waals surface area contributed by atoms with E-state index in [-0.39, 0.29) is 12.5 Å². The van der Waals surface area contributed by atoms with Gasteiger partial charge in [0.15, 0.2) is 11.5 Å². The highest BCUT2D eigenvalue weighted by Gasteiger charge is 2.21. The molecule has 0 spiro atoms. The molecule has 0 saturated carbocycles. The minimum Gasteiger partial charge on any atom is -0.493 e. The van der Waals surface area contributed by atoms with Crippen LogP contribution in [-0.4, -0.2) is 39.9 Å². The number of aromatic amines is 1. The highest BCUT2D eigenvalue weighted by atomic mass is 16.5.